The fourth-order valence-electron chi connectivity index (χ4n) is 2.01. The zero-order valence-corrected chi connectivity index (χ0v) is 7.47. The molecular formula is C9H15F2NO. The second-order valence-corrected chi connectivity index (χ2v) is 4.23. The third kappa shape index (κ3) is 1.99. The molecule has 2 N–H and O–H groups in total. The summed E-state index contributed by atoms with van der Waals surface area (Å²) in [6.45, 7) is 1.39. The first-order valence-electron chi connectivity index (χ1n) is 4.86. The number of hydrogen-bond donors (Lipinski definition) is 2. The summed E-state index contributed by atoms with van der Waals surface area (Å²) in [6.07, 6.45) is 1.03. The van der Waals surface area contributed by atoms with Crippen molar-refractivity contribution in [2.75, 3.05) is 13.1 Å². The lowest BCUT2D eigenvalue weighted by molar-refractivity contribution is 0.0910. The van der Waals surface area contributed by atoms with Gasteiger partial charge in [0.2, 0.25) is 0 Å². The van der Waals surface area contributed by atoms with E-state index in [9.17, 15) is 13.9 Å². The molecule has 3 atom stereocenters. The molecule has 2 nitrogen and oxygen atoms in total. The Hall–Kier alpha value is -0.220. The van der Waals surface area contributed by atoms with E-state index in [1.165, 1.54) is 0 Å². The van der Waals surface area contributed by atoms with Crippen molar-refractivity contribution in [3.63, 3.8) is 0 Å². The number of nitrogens with one attached hydrogen (secondary N) is 1. The van der Waals surface area contributed by atoms with Crippen LogP contribution >= 0.6 is 0 Å². The first-order chi connectivity index (χ1) is 6.09. The lowest BCUT2D eigenvalue weighted by Crippen LogP contribution is -2.18. The fourth-order valence-corrected chi connectivity index (χ4v) is 2.01. The summed E-state index contributed by atoms with van der Waals surface area (Å²) in [5, 5.41) is 12.5. The van der Waals surface area contributed by atoms with Gasteiger partial charge in [0.1, 0.15) is 0 Å². The van der Waals surface area contributed by atoms with Crippen LogP contribution in [0.5, 0.6) is 0 Å². The van der Waals surface area contributed by atoms with Crippen molar-refractivity contribution in [3.05, 3.63) is 0 Å². The molecule has 2 aliphatic rings. The van der Waals surface area contributed by atoms with Gasteiger partial charge >= 0.3 is 0 Å². The van der Waals surface area contributed by atoms with Crippen LogP contribution in [0.1, 0.15) is 19.3 Å². The topological polar surface area (TPSA) is 32.3 Å². The molecule has 0 aromatic carbocycles. The van der Waals surface area contributed by atoms with E-state index in [0.29, 0.717) is 13.0 Å². The maximum atomic E-state index is 12.5. The van der Waals surface area contributed by atoms with Gasteiger partial charge in [-0.25, -0.2) is 8.78 Å². The molecule has 1 heterocycles. The smallest absolute Gasteiger partial charge is 0.251 e. The van der Waals surface area contributed by atoms with Crippen LogP contribution in [0.3, 0.4) is 0 Å². The maximum Gasteiger partial charge on any atom is 0.251 e. The summed E-state index contributed by atoms with van der Waals surface area (Å²) in [5.74, 6) is -2.60. The number of aliphatic hydroxyl groups excluding tert-OH is 1. The number of alkyl halides is 2. The van der Waals surface area contributed by atoms with Gasteiger partial charge in [0.05, 0.1) is 6.10 Å². The number of halogens is 2. The first kappa shape index (κ1) is 9.34. The van der Waals surface area contributed by atoms with Crippen molar-refractivity contribution in [1.82, 2.24) is 5.32 Å². The van der Waals surface area contributed by atoms with Gasteiger partial charge in [-0.05, 0) is 18.8 Å². The van der Waals surface area contributed by atoms with E-state index in [0.717, 1.165) is 13.0 Å². The number of hydrogen-bond acceptors (Lipinski definition) is 2. The number of rotatable bonds is 3. The largest absolute Gasteiger partial charge is 0.391 e. The van der Waals surface area contributed by atoms with Crippen LogP contribution < -0.4 is 5.32 Å². The lowest BCUT2D eigenvalue weighted by Gasteiger charge is -2.12. The average Bonchev–Trinajstić information content (AvgIpc) is 2.47. The van der Waals surface area contributed by atoms with E-state index >= 15 is 0 Å². The molecular weight excluding hydrogens is 176 g/mol. The highest BCUT2D eigenvalue weighted by Gasteiger charge is 2.56. The first-order valence-corrected chi connectivity index (χ1v) is 4.86. The molecule has 2 rings (SSSR count). The van der Waals surface area contributed by atoms with E-state index in [1.807, 2.05) is 0 Å². The SMILES string of the molecule is OC1CNCC1CCC1CC1(F)F. The van der Waals surface area contributed by atoms with Gasteiger partial charge in [0.15, 0.2) is 0 Å². The summed E-state index contributed by atoms with van der Waals surface area (Å²) >= 11 is 0. The molecule has 2 fully saturated rings. The number of β-amino-alcohol motifs (C(OH)–C–C–N with tert-alkyl or cyclic N) is 1. The quantitative estimate of drug-likeness (QED) is 0.697. The minimum atomic E-state index is -2.39. The van der Waals surface area contributed by atoms with E-state index in [2.05, 4.69) is 5.32 Å². The molecule has 1 saturated carbocycles. The normalized spacial score (nSPS) is 42.2. The Morgan fingerprint density at radius 2 is 2.00 bits per heavy atom. The second-order valence-electron chi connectivity index (χ2n) is 4.23. The van der Waals surface area contributed by atoms with Gasteiger partial charge in [-0.15, -0.1) is 0 Å². The Kier molecular flexibility index (Phi) is 2.28. The van der Waals surface area contributed by atoms with Crippen LogP contribution in [0.2, 0.25) is 0 Å². The predicted octanol–water partition coefficient (Wildman–Crippen LogP) is 1.00. The van der Waals surface area contributed by atoms with Gasteiger partial charge in [0, 0.05) is 25.4 Å². The predicted molar refractivity (Wildman–Crippen MR) is 44.7 cm³/mol. The summed E-state index contributed by atoms with van der Waals surface area (Å²) < 4.78 is 25.0. The Balaban J connectivity index is 1.68. The third-order valence-corrected chi connectivity index (χ3v) is 3.15. The summed E-state index contributed by atoms with van der Waals surface area (Å²) in [7, 11) is 0. The van der Waals surface area contributed by atoms with Crippen LogP contribution in [0.4, 0.5) is 8.78 Å². The van der Waals surface area contributed by atoms with Crippen molar-refractivity contribution >= 4 is 0 Å². The molecule has 3 unspecified atom stereocenters. The molecule has 0 aromatic heterocycles. The molecule has 1 aliphatic carbocycles. The minimum Gasteiger partial charge on any atom is -0.391 e. The van der Waals surface area contributed by atoms with Crippen LogP contribution in [0.25, 0.3) is 0 Å². The molecule has 0 spiro atoms. The van der Waals surface area contributed by atoms with E-state index in [4.69, 9.17) is 0 Å². The molecule has 1 saturated heterocycles. The van der Waals surface area contributed by atoms with Gasteiger partial charge < -0.3 is 10.4 Å². The highest BCUT2D eigenvalue weighted by atomic mass is 19.3. The molecule has 0 radical (unpaired) electrons. The monoisotopic (exact) mass is 191 g/mol. The third-order valence-electron chi connectivity index (χ3n) is 3.15. The Bertz CT molecular complexity index is 198. The Morgan fingerprint density at radius 3 is 2.46 bits per heavy atom. The van der Waals surface area contributed by atoms with Crippen LogP contribution in [0.15, 0.2) is 0 Å². The van der Waals surface area contributed by atoms with E-state index < -0.39 is 11.8 Å². The van der Waals surface area contributed by atoms with Gasteiger partial charge in [-0.1, -0.05) is 0 Å². The molecule has 0 amide bonds. The minimum absolute atomic E-state index is 0.0588. The molecule has 76 valence electrons. The molecule has 1 aliphatic heterocycles. The zero-order valence-electron chi connectivity index (χ0n) is 7.47. The van der Waals surface area contributed by atoms with Crippen molar-refractivity contribution in [1.29, 1.82) is 0 Å². The maximum absolute atomic E-state index is 12.5. The molecule has 0 bridgehead atoms. The van der Waals surface area contributed by atoms with E-state index in [1.54, 1.807) is 0 Å². The Morgan fingerprint density at radius 1 is 1.31 bits per heavy atom. The van der Waals surface area contributed by atoms with Gasteiger partial charge in [0.25, 0.3) is 5.92 Å². The van der Waals surface area contributed by atoms with Gasteiger partial charge in [-0.2, -0.15) is 0 Å². The second kappa shape index (κ2) is 3.17. The number of aliphatic hydroxyl groups is 1. The highest BCUT2D eigenvalue weighted by molar-refractivity contribution is 4.95. The highest BCUT2D eigenvalue weighted by Crippen LogP contribution is 2.51. The van der Waals surface area contributed by atoms with Crippen LogP contribution in [0, 0.1) is 11.8 Å². The summed E-state index contributed by atoms with van der Waals surface area (Å²) in [4.78, 5) is 0. The lowest BCUT2D eigenvalue weighted by atomic mass is 9.98. The van der Waals surface area contributed by atoms with Crippen molar-refractivity contribution < 1.29 is 13.9 Å². The average molecular weight is 191 g/mol. The fraction of sp³-hybridized carbons (Fsp3) is 1.00. The van der Waals surface area contributed by atoms with Crippen molar-refractivity contribution in [2.24, 2.45) is 11.8 Å². The zero-order chi connectivity index (χ0) is 9.47. The Labute approximate surface area is 76.3 Å². The standard InChI is InChI=1S/C9H15F2NO/c10-9(11)3-7(9)2-1-6-4-12-5-8(6)13/h6-8,12-13H,1-5H2. The van der Waals surface area contributed by atoms with Crippen LogP contribution in [-0.2, 0) is 0 Å². The summed E-state index contributed by atoms with van der Waals surface area (Å²) in [6, 6.07) is 0. The van der Waals surface area contributed by atoms with Crippen LogP contribution in [-0.4, -0.2) is 30.2 Å². The van der Waals surface area contributed by atoms with Crippen molar-refractivity contribution in [3.8, 4) is 0 Å². The van der Waals surface area contributed by atoms with Gasteiger partial charge in [-0.3, -0.25) is 0 Å². The van der Waals surface area contributed by atoms with Crippen molar-refractivity contribution in [2.45, 2.75) is 31.3 Å². The molecule has 13 heavy (non-hydrogen) atoms. The molecule has 4 heteroatoms. The van der Waals surface area contributed by atoms with E-state index in [-0.39, 0.29) is 18.4 Å². The molecule has 0 aromatic rings. The summed E-state index contributed by atoms with van der Waals surface area (Å²) in [5.41, 5.74) is 0.